The van der Waals surface area contributed by atoms with Crippen LogP contribution in [-0.4, -0.2) is 33.7 Å². The first-order chi connectivity index (χ1) is 16.2. The number of piperidine rings is 1. The van der Waals surface area contributed by atoms with E-state index in [0.717, 1.165) is 43.6 Å². The standard InChI is InChI=1S/C28H27N3O2/c32-27-20-25(23-11-5-2-6-12-23)29-31(27)26-14-8-7-13-24(26)28(33)30-17-15-22(16-18-30)19-21-9-3-1-4-10-21/h1-14,20,22,29H,15-19H2. The number of rotatable bonds is 5. The molecule has 1 fully saturated rings. The van der Waals surface area contributed by atoms with Crippen LogP contribution in [0.5, 0.6) is 0 Å². The normalized spacial score (nSPS) is 14.4. The van der Waals surface area contributed by atoms with E-state index in [-0.39, 0.29) is 11.5 Å². The summed E-state index contributed by atoms with van der Waals surface area (Å²) in [7, 11) is 0. The van der Waals surface area contributed by atoms with Crippen LogP contribution in [0.1, 0.15) is 28.8 Å². The quantitative estimate of drug-likeness (QED) is 0.481. The molecule has 5 nitrogen and oxygen atoms in total. The van der Waals surface area contributed by atoms with E-state index < -0.39 is 0 Å². The number of hydrogen-bond donors (Lipinski definition) is 1. The average Bonchev–Trinajstić information content (AvgIpc) is 3.27. The zero-order valence-corrected chi connectivity index (χ0v) is 18.5. The maximum atomic E-state index is 13.4. The highest BCUT2D eigenvalue weighted by Gasteiger charge is 2.26. The maximum absolute atomic E-state index is 13.4. The molecular formula is C28H27N3O2. The summed E-state index contributed by atoms with van der Waals surface area (Å²) in [6, 6.07) is 29.2. The summed E-state index contributed by atoms with van der Waals surface area (Å²) in [4.78, 5) is 28.2. The number of likely N-dealkylation sites (tertiary alicyclic amines) is 1. The van der Waals surface area contributed by atoms with Crippen molar-refractivity contribution in [2.45, 2.75) is 19.3 Å². The molecule has 166 valence electrons. The van der Waals surface area contributed by atoms with Gasteiger partial charge in [-0.05, 0) is 48.4 Å². The number of para-hydroxylation sites is 1. The second-order valence-electron chi connectivity index (χ2n) is 8.65. The first kappa shape index (κ1) is 21.0. The molecule has 3 aromatic carbocycles. The SMILES string of the molecule is O=C(c1ccccc1-n1[nH]c(-c2ccccc2)cc1=O)N1CCC(Cc2ccccc2)CC1. The lowest BCUT2D eigenvalue weighted by Crippen LogP contribution is -2.39. The monoisotopic (exact) mass is 437 g/mol. The van der Waals surface area contributed by atoms with E-state index in [1.54, 1.807) is 6.07 Å². The first-order valence-electron chi connectivity index (χ1n) is 11.5. The number of benzene rings is 3. The predicted octanol–water partition coefficient (Wildman–Crippen LogP) is 4.93. The van der Waals surface area contributed by atoms with E-state index >= 15 is 0 Å². The molecule has 0 aliphatic carbocycles. The molecular weight excluding hydrogens is 410 g/mol. The van der Waals surface area contributed by atoms with Gasteiger partial charge in [-0.1, -0.05) is 72.8 Å². The van der Waals surface area contributed by atoms with Gasteiger partial charge in [-0.3, -0.25) is 14.7 Å². The van der Waals surface area contributed by atoms with Crippen molar-refractivity contribution in [1.29, 1.82) is 0 Å². The summed E-state index contributed by atoms with van der Waals surface area (Å²) < 4.78 is 1.47. The van der Waals surface area contributed by atoms with Gasteiger partial charge >= 0.3 is 0 Å². The fraction of sp³-hybridized carbons (Fsp3) is 0.214. The molecule has 0 radical (unpaired) electrons. The lowest BCUT2D eigenvalue weighted by atomic mass is 9.90. The Morgan fingerprint density at radius 3 is 2.21 bits per heavy atom. The fourth-order valence-electron chi connectivity index (χ4n) is 4.65. The van der Waals surface area contributed by atoms with Gasteiger partial charge < -0.3 is 4.90 Å². The van der Waals surface area contributed by atoms with Gasteiger partial charge in [0.15, 0.2) is 0 Å². The van der Waals surface area contributed by atoms with Crippen molar-refractivity contribution >= 4 is 5.91 Å². The number of aromatic amines is 1. The van der Waals surface area contributed by atoms with Gasteiger partial charge in [0.2, 0.25) is 0 Å². The second-order valence-corrected chi connectivity index (χ2v) is 8.65. The van der Waals surface area contributed by atoms with Crippen LogP contribution in [0.4, 0.5) is 0 Å². The summed E-state index contributed by atoms with van der Waals surface area (Å²) in [5.74, 6) is 0.567. The van der Waals surface area contributed by atoms with Crippen LogP contribution in [0.15, 0.2) is 95.8 Å². The topological polar surface area (TPSA) is 58.1 Å². The van der Waals surface area contributed by atoms with Gasteiger partial charge in [0, 0.05) is 19.2 Å². The molecule has 1 saturated heterocycles. The molecule has 0 atom stereocenters. The summed E-state index contributed by atoms with van der Waals surface area (Å²) >= 11 is 0. The number of nitrogens with zero attached hydrogens (tertiary/aromatic N) is 2. The van der Waals surface area contributed by atoms with Crippen molar-refractivity contribution in [3.63, 3.8) is 0 Å². The third kappa shape index (κ3) is 4.53. The second kappa shape index (κ2) is 9.33. The van der Waals surface area contributed by atoms with E-state index in [0.29, 0.717) is 17.2 Å². The van der Waals surface area contributed by atoms with Crippen molar-refractivity contribution in [1.82, 2.24) is 14.7 Å². The number of amides is 1. The van der Waals surface area contributed by atoms with Crippen molar-refractivity contribution < 1.29 is 4.79 Å². The highest BCUT2D eigenvalue weighted by atomic mass is 16.2. The van der Waals surface area contributed by atoms with Crippen LogP contribution in [0.2, 0.25) is 0 Å². The molecule has 5 heteroatoms. The number of carbonyl (C=O) groups is 1. The van der Waals surface area contributed by atoms with Crippen LogP contribution in [0.25, 0.3) is 16.9 Å². The predicted molar refractivity (Wildman–Crippen MR) is 131 cm³/mol. The Morgan fingerprint density at radius 2 is 1.48 bits per heavy atom. The number of nitrogens with one attached hydrogen (secondary N) is 1. The van der Waals surface area contributed by atoms with Crippen molar-refractivity contribution in [3.8, 4) is 16.9 Å². The van der Waals surface area contributed by atoms with Crippen LogP contribution in [0, 0.1) is 5.92 Å². The molecule has 1 aromatic heterocycles. The minimum Gasteiger partial charge on any atom is -0.339 e. The van der Waals surface area contributed by atoms with Crippen LogP contribution in [-0.2, 0) is 6.42 Å². The Bertz CT molecular complexity index is 1280. The largest absolute Gasteiger partial charge is 0.339 e. The molecule has 4 aromatic rings. The van der Waals surface area contributed by atoms with Crippen LogP contribution >= 0.6 is 0 Å². The first-order valence-corrected chi connectivity index (χ1v) is 11.5. The highest BCUT2D eigenvalue weighted by molar-refractivity contribution is 5.97. The third-order valence-electron chi connectivity index (χ3n) is 6.45. The van der Waals surface area contributed by atoms with Gasteiger partial charge in [0.25, 0.3) is 11.5 Å². The van der Waals surface area contributed by atoms with Crippen LogP contribution in [0.3, 0.4) is 0 Å². The summed E-state index contributed by atoms with van der Waals surface area (Å²) in [5.41, 5.74) is 3.95. The van der Waals surface area contributed by atoms with E-state index in [1.807, 2.05) is 65.6 Å². The smallest absolute Gasteiger partial charge is 0.271 e. The number of aromatic nitrogens is 2. The van der Waals surface area contributed by atoms with Gasteiger partial charge in [0.05, 0.1) is 16.9 Å². The lowest BCUT2D eigenvalue weighted by Gasteiger charge is -2.32. The number of H-pyrrole nitrogens is 1. The van der Waals surface area contributed by atoms with E-state index in [4.69, 9.17) is 0 Å². The minimum absolute atomic E-state index is 0.0217. The molecule has 1 N–H and O–H groups in total. The molecule has 1 amide bonds. The maximum Gasteiger partial charge on any atom is 0.271 e. The molecule has 33 heavy (non-hydrogen) atoms. The Kier molecular flexibility index (Phi) is 5.94. The van der Waals surface area contributed by atoms with Crippen LogP contribution < -0.4 is 5.56 Å². The molecule has 0 unspecified atom stereocenters. The molecule has 1 aliphatic heterocycles. The average molecular weight is 438 g/mol. The lowest BCUT2D eigenvalue weighted by molar-refractivity contribution is 0.0690. The molecule has 2 heterocycles. The zero-order chi connectivity index (χ0) is 22.6. The Balaban J connectivity index is 1.34. The number of hydrogen-bond acceptors (Lipinski definition) is 2. The molecule has 0 spiro atoms. The molecule has 0 saturated carbocycles. The minimum atomic E-state index is -0.185. The van der Waals surface area contributed by atoms with E-state index in [9.17, 15) is 9.59 Å². The summed E-state index contributed by atoms with van der Waals surface area (Å²) in [5, 5.41) is 3.18. The zero-order valence-electron chi connectivity index (χ0n) is 18.5. The number of carbonyl (C=O) groups excluding carboxylic acids is 1. The van der Waals surface area contributed by atoms with Gasteiger partial charge in [-0.2, -0.15) is 0 Å². The van der Waals surface area contributed by atoms with Crippen molar-refractivity contribution in [2.75, 3.05) is 13.1 Å². The molecule has 5 rings (SSSR count). The summed E-state index contributed by atoms with van der Waals surface area (Å²) in [6.45, 7) is 1.47. The van der Waals surface area contributed by atoms with Crippen molar-refractivity contribution in [2.24, 2.45) is 5.92 Å². The third-order valence-corrected chi connectivity index (χ3v) is 6.45. The van der Waals surface area contributed by atoms with Gasteiger partial charge in [-0.15, -0.1) is 0 Å². The van der Waals surface area contributed by atoms with Crippen molar-refractivity contribution in [3.05, 3.63) is 112 Å². The van der Waals surface area contributed by atoms with E-state index in [1.165, 1.54) is 10.2 Å². The van der Waals surface area contributed by atoms with Gasteiger partial charge in [-0.25, -0.2) is 4.68 Å². The van der Waals surface area contributed by atoms with E-state index in [2.05, 4.69) is 29.4 Å². The molecule has 1 aliphatic rings. The Labute approximate surface area is 193 Å². The van der Waals surface area contributed by atoms with Gasteiger partial charge in [0.1, 0.15) is 0 Å². The fourth-order valence-corrected chi connectivity index (χ4v) is 4.65. The highest BCUT2D eigenvalue weighted by Crippen LogP contribution is 2.25. The Morgan fingerprint density at radius 1 is 0.848 bits per heavy atom. The summed E-state index contributed by atoms with van der Waals surface area (Å²) in [6.07, 6.45) is 3.03. The Hall–Kier alpha value is -3.86. The molecule has 0 bridgehead atoms.